The molecule has 2 aromatic rings. The van der Waals surface area contributed by atoms with Gasteiger partial charge in [-0.15, -0.1) is 0 Å². The number of amides is 2. The first kappa shape index (κ1) is 29.2. The molecule has 1 atom stereocenters. The van der Waals surface area contributed by atoms with Gasteiger partial charge in [-0.1, -0.05) is 57.2 Å². The number of carbonyl (C=O) groups excluding carboxylic acids is 2. The Morgan fingerprint density at radius 2 is 1.67 bits per heavy atom. The maximum Gasteiger partial charge on any atom is 0.416 e. The van der Waals surface area contributed by atoms with E-state index in [1.54, 1.807) is 37.3 Å². The summed E-state index contributed by atoms with van der Waals surface area (Å²) >= 11 is 0. The lowest BCUT2D eigenvalue weighted by molar-refractivity contribution is -0.140. The van der Waals surface area contributed by atoms with Gasteiger partial charge in [0.05, 0.1) is 17.5 Å². The molecule has 0 aromatic heterocycles. The highest BCUT2D eigenvalue weighted by atomic mass is 32.2. The van der Waals surface area contributed by atoms with Crippen molar-refractivity contribution in [2.75, 3.05) is 23.7 Å². The highest BCUT2D eigenvalue weighted by molar-refractivity contribution is 7.92. The fraction of sp³-hybridized carbons (Fsp3) is 0.440. The number of nitrogens with one attached hydrogen (secondary N) is 1. The molecule has 0 spiro atoms. The van der Waals surface area contributed by atoms with Gasteiger partial charge in [-0.05, 0) is 36.1 Å². The van der Waals surface area contributed by atoms with Gasteiger partial charge in [0.1, 0.15) is 12.6 Å². The third-order valence-electron chi connectivity index (χ3n) is 5.41. The Morgan fingerprint density at radius 1 is 1.03 bits per heavy atom. The van der Waals surface area contributed by atoms with Crippen molar-refractivity contribution in [1.82, 2.24) is 10.2 Å². The standard InChI is InChI=1S/C25H32F3N3O4S/c1-5-22(24(33)29-15-18(2)3)30(16-19-10-7-6-8-11-19)23(32)17-31(36(4,34)35)21-13-9-12-20(14-21)25(26,27)28/h6-14,18,22H,5,15-17H2,1-4H3,(H,29,33)/t22-/m1/s1. The van der Waals surface area contributed by atoms with Gasteiger partial charge in [0, 0.05) is 13.1 Å². The van der Waals surface area contributed by atoms with E-state index in [2.05, 4.69) is 5.32 Å². The maximum atomic E-state index is 13.5. The summed E-state index contributed by atoms with van der Waals surface area (Å²) < 4.78 is 65.5. The molecular formula is C25H32F3N3O4S. The van der Waals surface area contributed by atoms with Crippen LogP contribution in [0.4, 0.5) is 18.9 Å². The first-order chi connectivity index (χ1) is 16.7. The predicted octanol–water partition coefficient (Wildman–Crippen LogP) is 4.05. The lowest BCUT2D eigenvalue weighted by Crippen LogP contribution is -2.52. The van der Waals surface area contributed by atoms with Crippen LogP contribution in [0.15, 0.2) is 54.6 Å². The molecule has 0 unspecified atom stereocenters. The van der Waals surface area contributed by atoms with Gasteiger partial charge in [-0.2, -0.15) is 13.2 Å². The van der Waals surface area contributed by atoms with Crippen LogP contribution in [0.2, 0.25) is 0 Å². The summed E-state index contributed by atoms with van der Waals surface area (Å²) in [5.41, 5.74) is -0.620. The molecule has 0 saturated heterocycles. The molecule has 2 amide bonds. The van der Waals surface area contributed by atoms with Crippen molar-refractivity contribution in [3.8, 4) is 0 Å². The molecule has 0 bridgehead atoms. The molecule has 0 aliphatic heterocycles. The zero-order valence-electron chi connectivity index (χ0n) is 20.7. The molecule has 2 aromatic carbocycles. The van der Waals surface area contributed by atoms with Gasteiger partial charge in [0.2, 0.25) is 21.8 Å². The van der Waals surface area contributed by atoms with Crippen LogP contribution in [0.5, 0.6) is 0 Å². The topological polar surface area (TPSA) is 86.8 Å². The zero-order valence-corrected chi connectivity index (χ0v) is 21.6. The highest BCUT2D eigenvalue weighted by Crippen LogP contribution is 2.32. The Labute approximate surface area is 210 Å². The number of nitrogens with zero attached hydrogens (tertiary/aromatic N) is 2. The molecular weight excluding hydrogens is 495 g/mol. The van der Waals surface area contributed by atoms with Crippen LogP contribution in [0.3, 0.4) is 0 Å². The minimum Gasteiger partial charge on any atom is -0.354 e. The van der Waals surface area contributed by atoms with Crippen LogP contribution in [0.1, 0.15) is 38.3 Å². The molecule has 36 heavy (non-hydrogen) atoms. The van der Waals surface area contributed by atoms with Crippen molar-refractivity contribution in [2.24, 2.45) is 5.92 Å². The van der Waals surface area contributed by atoms with E-state index in [9.17, 15) is 31.2 Å². The molecule has 0 radical (unpaired) electrons. The predicted molar refractivity (Wildman–Crippen MR) is 133 cm³/mol. The minimum atomic E-state index is -4.69. The summed E-state index contributed by atoms with van der Waals surface area (Å²) in [5.74, 6) is -0.931. The van der Waals surface area contributed by atoms with Crippen molar-refractivity contribution >= 4 is 27.5 Å². The molecule has 1 N–H and O–H groups in total. The number of rotatable bonds is 11. The van der Waals surface area contributed by atoms with Crippen LogP contribution in [0, 0.1) is 5.92 Å². The second-order valence-corrected chi connectivity index (χ2v) is 10.8. The van der Waals surface area contributed by atoms with Crippen molar-refractivity contribution < 1.29 is 31.2 Å². The Bertz CT molecular complexity index is 1140. The van der Waals surface area contributed by atoms with Gasteiger partial charge in [0.25, 0.3) is 0 Å². The smallest absolute Gasteiger partial charge is 0.354 e. The fourth-order valence-corrected chi connectivity index (χ4v) is 4.41. The van der Waals surface area contributed by atoms with Crippen LogP contribution >= 0.6 is 0 Å². The first-order valence-electron chi connectivity index (χ1n) is 11.5. The van der Waals surface area contributed by atoms with Gasteiger partial charge < -0.3 is 10.2 Å². The second-order valence-electron chi connectivity index (χ2n) is 8.89. The average molecular weight is 528 g/mol. The molecule has 11 heteroatoms. The average Bonchev–Trinajstić information content (AvgIpc) is 2.80. The van der Waals surface area contributed by atoms with Crippen molar-refractivity contribution in [3.05, 3.63) is 65.7 Å². The normalized spacial score (nSPS) is 12.8. The second kappa shape index (κ2) is 12.2. The third-order valence-corrected chi connectivity index (χ3v) is 6.55. The Hall–Kier alpha value is -3.08. The number of hydrogen-bond acceptors (Lipinski definition) is 4. The lowest BCUT2D eigenvalue weighted by Gasteiger charge is -2.33. The van der Waals surface area contributed by atoms with Crippen LogP contribution in [-0.2, 0) is 32.3 Å². The van der Waals surface area contributed by atoms with E-state index in [0.29, 0.717) is 22.5 Å². The van der Waals surface area contributed by atoms with Gasteiger partial charge >= 0.3 is 6.18 Å². The molecule has 0 heterocycles. The Morgan fingerprint density at radius 3 is 2.19 bits per heavy atom. The number of sulfonamides is 1. The molecule has 7 nitrogen and oxygen atoms in total. The highest BCUT2D eigenvalue weighted by Gasteiger charge is 2.34. The monoisotopic (exact) mass is 527 g/mol. The number of halogens is 3. The fourth-order valence-electron chi connectivity index (χ4n) is 3.57. The largest absolute Gasteiger partial charge is 0.416 e. The van der Waals surface area contributed by atoms with Gasteiger partial charge in [-0.25, -0.2) is 8.42 Å². The summed E-state index contributed by atoms with van der Waals surface area (Å²) in [7, 11) is -4.14. The number of alkyl halides is 3. The van der Waals surface area contributed by atoms with E-state index in [4.69, 9.17) is 0 Å². The first-order valence-corrected chi connectivity index (χ1v) is 13.3. The van der Waals surface area contributed by atoms with E-state index in [0.717, 1.165) is 18.4 Å². The van der Waals surface area contributed by atoms with Gasteiger partial charge in [-0.3, -0.25) is 13.9 Å². The van der Waals surface area contributed by atoms with E-state index in [-0.39, 0.29) is 30.5 Å². The molecule has 0 aliphatic rings. The molecule has 0 aliphatic carbocycles. The van der Waals surface area contributed by atoms with Crippen molar-refractivity contribution in [1.29, 1.82) is 0 Å². The summed E-state index contributed by atoms with van der Waals surface area (Å²) in [6.45, 7) is 5.23. The van der Waals surface area contributed by atoms with Crippen LogP contribution in [0.25, 0.3) is 0 Å². The molecule has 0 fully saturated rings. The molecule has 0 saturated carbocycles. The summed E-state index contributed by atoms with van der Waals surface area (Å²) in [5, 5.41) is 2.80. The van der Waals surface area contributed by atoms with E-state index in [1.165, 1.54) is 11.0 Å². The van der Waals surface area contributed by atoms with Gasteiger partial charge in [0.15, 0.2) is 0 Å². The quantitative estimate of drug-likeness (QED) is 0.478. The zero-order chi connectivity index (χ0) is 27.1. The third kappa shape index (κ3) is 8.25. The van der Waals surface area contributed by atoms with Crippen LogP contribution < -0.4 is 9.62 Å². The van der Waals surface area contributed by atoms with Crippen LogP contribution in [-0.4, -0.2) is 50.5 Å². The number of carbonyl (C=O) groups is 2. The number of anilines is 1. The SMILES string of the molecule is CC[C@H](C(=O)NCC(C)C)N(Cc1ccccc1)C(=O)CN(c1cccc(C(F)(F)F)c1)S(C)(=O)=O. The van der Waals surface area contributed by atoms with E-state index >= 15 is 0 Å². The van der Waals surface area contributed by atoms with E-state index in [1.807, 2.05) is 13.8 Å². The molecule has 198 valence electrons. The number of hydrogen-bond donors (Lipinski definition) is 1. The van der Waals surface area contributed by atoms with E-state index < -0.39 is 40.3 Å². The summed E-state index contributed by atoms with van der Waals surface area (Å²) in [6.07, 6.45) is -3.62. The Kier molecular flexibility index (Phi) is 9.92. The summed E-state index contributed by atoms with van der Waals surface area (Å²) in [6, 6.07) is 11.7. The van der Waals surface area contributed by atoms with Crippen molar-refractivity contribution in [2.45, 2.75) is 46.0 Å². The number of benzene rings is 2. The molecule has 2 rings (SSSR count). The van der Waals surface area contributed by atoms with Crippen molar-refractivity contribution in [3.63, 3.8) is 0 Å². The summed E-state index contributed by atoms with van der Waals surface area (Å²) in [4.78, 5) is 27.8. The lowest BCUT2D eigenvalue weighted by atomic mass is 10.1. The Balaban J connectivity index is 2.44. The maximum absolute atomic E-state index is 13.5. The minimum absolute atomic E-state index is 0.0213.